The van der Waals surface area contributed by atoms with Crippen molar-refractivity contribution in [2.45, 2.75) is 26.9 Å². The number of halogens is 3. The molecule has 0 aliphatic heterocycles. The van der Waals surface area contributed by atoms with Gasteiger partial charge in [-0.05, 0) is 165 Å². The van der Waals surface area contributed by atoms with Gasteiger partial charge in [-0.2, -0.15) is 13.2 Å². The molecular weight excluding hydrogens is 1160 g/mol. The second kappa shape index (κ2) is 27.1. The van der Waals surface area contributed by atoms with Crippen LogP contribution < -0.4 is 30.9 Å². The molecule has 0 amide bonds. The molecule has 18 heteroatoms. The Morgan fingerprint density at radius 1 is 0.396 bits per heavy atom. The van der Waals surface area contributed by atoms with Crippen molar-refractivity contribution in [1.29, 1.82) is 0 Å². The van der Waals surface area contributed by atoms with E-state index in [1.54, 1.807) is 118 Å². The Labute approximate surface area is 519 Å². The van der Waals surface area contributed by atoms with Gasteiger partial charge in [0.1, 0.15) is 17.5 Å². The molecule has 0 saturated carbocycles. The standard InChI is InChI=1S/C25H22N2O3.C24H17F3N2O3.C24H20N2O3/c1-16-11-13-19(15-17(16)2)27-23(26-21-9-5-4-8-20(21)25(27)29)14-12-18-7-6-10-22(30-3)24(18)28;1-32-20-12-6-7-15(22(20)30)13-14-21-28-18-10-4-2-8-16(18)23(31)29(21)19-11-5-3-9-17(19)24(25,26)27;1-16-7-5-9-18(15-16)26-22(25-20-11-4-3-10-19(20)24(26)28)14-13-17-8-6-12-21(29-2)23(17)27/h4-15,28H,1-3H3;2-14,30H,1H3;3-15,27H,1-2H3/b14-12+;2*14-13+. The lowest BCUT2D eigenvalue weighted by atomic mass is 10.1. The summed E-state index contributed by atoms with van der Waals surface area (Å²) in [5, 5.41) is 32.3. The first-order valence-electron chi connectivity index (χ1n) is 28.4. The SMILES string of the molecule is COc1cccc(/C=C/c2nc3ccccc3c(=O)n2-c2ccc(C)c(C)c2)c1O.COc1cccc(/C=C/c2nc3ccccc3c(=O)n2-c2cccc(C)c2)c1O.COc1cccc(/C=C/c2nc3ccccc3c(=O)n2-c2ccccc2C(F)(F)F)c1O. The number of rotatable bonds is 12. The predicted octanol–water partition coefficient (Wildman–Crippen LogP) is 14.8. The molecule has 0 fully saturated rings. The van der Waals surface area contributed by atoms with Gasteiger partial charge in [-0.15, -0.1) is 0 Å². The maximum Gasteiger partial charge on any atom is 0.418 e. The lowest BCUT2D eigenvalue weighted by Crippen LogP contribution is -2.25. The second-order valence-electron chi connectivity index (χ2n) is 20.7. The third-order valence-corrected chi connectivity index (χ3v) is 14.9. The Morgan fingerprint density at radius 2 is 0.769 bits per heavy atom. The number of aromatic nitrogens is 6. The summed E-state index contributed by atoms with van der Waals surface area (Å²) in [5.41, 5.74) is 5.63. The van der Waals surface area contributed by atoms with Gasteiger partial charge < -0.3 is 29.5 Å². The monoisotopic (exact) mass is 1220 g/mol. The molecule has 12 rings (SSSR count). The summed E-state index contributed by atoms with van der Waals surface area (Å²) in [6.45, 7) is 6.03. The van der Waals surface area contributed by atoms with Crippen molar-refractivity contribution in [2.75, 3.05) is 21.3 Å². The van der Waals surface area contributed by atoms with Crippen molar-refractivity contribution in [3.63, 3.8) is 0 Å². The predicted molar refractivity (Wildman–Crippen MR) is 352 cm³/mol. The van der Waals surface area contributed by atoms with E-state index < -0.39 is 17.3 Å². The van der Waals surface area contributed by atoms with Crippen LogP contribution in [0.3, 0.4) is 0 Å². The van der Waals surface area contributed by atoms with Crippen molar-refractivity contribution in [1.82, 2.24) is 28.7 Å². The van der Waals surface area contributed by atoms with Crippen LogP contribution in [0.25, 0.3) is 86.2 Å². The van der Waals surface area contributed by atoms with E-state index in [2.05, 4.69) is 4.98 Å². The van der Waals surface area contributed by atoms with Crippen molar-refractivity contribution >= 4 is 69.2 Å². The maximum absolute atomic E-state index is 13.7. The van der Waals surface area contributed by atoms with Crippen LogP contribution >= 0.6 is 0 Å². The van der Waals surface area contributed by atoms with Crippen LogP contribution in [0.15, 0.2) is 209 Å². The van der Waals surface area contributed by atoms with E-state index in [9.17, 15) is 42.9 Å². The highest BCUT2D eigenvalue weighted by atomic mass is 19.4. The van der Waals surface area contributed by atoms with Crippen molar-refractivity contribution in [2.24, 2.45) is 0 Å². The van der Waals surface area contributed by atoms with Crippen LogP contribution in [0, 0.1) is 20.8 Å². The number of phenolic OH excluding ortho intramolecular Hbond substituents is 3. The van der Waals surface area contributed by atoms with Gasteiger partial charge in [-0.3, -0.25) is 28.1 Å². The lowest BCUT2D eigenvalue weighted by Gasteiger charge is -2.17. The molecule has 91 heavy (non-hydrogen) atoms. The minimum atomic E-state index is -4.67. The van der Waals surface area contributed by atoms with E-state index in [0.717, 1.165) is 38.7 Å². The smallest absolute Gasteiger partial charge is 0.418 e. The molecule has 0 spiro atoms. The zero-order valence-corrected chi connectivity index (χ0v) is 50.0. The summed E-state index contributed by atoms with van der Waals surface area (Å²) in [6.07, 6.45) is 5.08. The number of methoxy groups -OCH3 is 3. The van der Waals surface area contributed by atoms with Crippen LogP contribution in [0.5, 0.6) is 34.5 Å². The third-order valence-electron chi connectivity index (χ3n) is 14.9. The molecule has 9 aromatic carbocycles. The first kappa shape index (κ1) is 62.3. The van der Waals surface area contributed by atoms with Crippen LogP contribution in [-0.2, 0) is 6.18 Å². The summed E-state index contributed by atoms with van der Waals surface area (Å²) < 4.78 is 60.6. The quantitative estimate of drug-likeness (QED) is 0.105. The number of fused-ring (bicyclic) bond motifs is 3. The largest absolute Gasteiger partial charge is 0.504 e. The Hall–Kier alpha value is -11.8. The van der Waals surface area contributed by atoms with Crippen molar-refractivity contribution in [3.05, 3.63) is 282 Å². The molecule has 456 valence electrons. The Kier molecular flexibility index (Phi) is 18.5. The van der Waals surface area contributed by atoms with Crippen LogP contribution in [0.1, 0.15) is 56.4 Å². The highest BCUT2D eigenvalue weighted by molar-refractivity contribution is 5.84. The van der Waals surface area contributed by atoms with Gasteiger partial charge in [0.2, 0.25) is 0 Å². The van der Waals surface area contributed by atoms with E-state index in [1.165, 1.54) is 57.7 Å². The van der Waals surface area contributed by atoms with Gasteiger partial charge in [0, 0.05) is 16.7 Å². The summed E-state index contributed by atoms with van der Waals surface area (Å²) in [5.74, 6) is 1.87. The molecule has 0 unspecified atom stereocenters. The average Bonchev–Trinajstić information content (AvgIpc) is 0.914. The molecule has 0 bridgehead atoms. The molecule has 0 radical (unpaired) electrons. The summed E-state index contributed by atoms with van der Waals surface area (Å²) in [4.78, 5) is 53.7. The number of alkyl halides is 3. The van der Waals surface area contributed by atoms with Gasteiger partial charge in [0.15, 0.2) is 34.5 Å². The van der Waals surface area contributed by atoms with Gasteiger partial charge in [-0.25, -0.2) is 15.0 Å². The number of ether oxygens (including phenoxy) is 3. The van der Waals surface area contributed by atoms with E-state index in [4.69, 9.17) is 24.2 Å². The van der Waals surface area contributed by atoms with E-state index in [1.807, 2.05) is 99.6 Å². The third kappa shape index (κ3) is 13.4. The summed E-state index contributed by atoms with van der Waals surface area (Å²) in [7, 11) is 4.41. The first-order valence-corrected chi connectivity index (χ1v) is 28.4. The number of hydrogen-bond acceptors (Lipinski definition) is 12. The Balaban J connectivity index is 0.000000150. The van der Waals surface area contributed by atoms with Crippen LogP contribution in [-0.4, -0.2) is 65.3 Å². The fourth-order valence-corrected chi connectivity index (χ4v) is 10.1. The second-order valence-corrected chi connectivity index (χ2v) is 20.7. The molecule has 3 aromatic heterocycles. The number of hydrogen-bond donors (Lipinski definition) is 3. The number of benzene rings is 9. The zero-order valence-electron chi connectivity index (χ0n) is 50.0. The number of para-hydroxylation sites is 7. The zero-order chi connectivity index (χ0) is 64.5. The molecule has 12 aromatic rings. The minimum absolute atomic E-state index is 0.0207. The molecule has 3 N–H and O–H groups in total. The highest BCUT2D eigenvalue weighted by Gasteiger charge is 2.34. The molecule has 0 aliphatic rings. The van der Waals surface area contributed by atoms with E-state index in [0.29, 0.717) is 67.2 Å². The van der Waals surface area contributed by atoms with Crippen molar-refractivity contribution in [3.8, 4) is 51.6 Å². The fourth-order valence-electron chi connectivity index (χ4n) is 10.1. The van der Waals surface area contributed by atoms with Gasteiger partial charge in [0.25, 0.3) is 16.7 Å². The maximum atomic E-state index is 13.7. The van der Waals surface area contributed by atoms with E-state index >= 15 is 0 Å². The normalized spacial score (nSPS) is 11.5. The molecule has 0 atom stereocenters. The highest BCUT2D eigenvalue weighted by Crippen LogP contribution is 2.36. The minimum Gasteiger partial charge on any atom is -0.504 e. The molecular formula is C73H59F3N6O9. The van der Waals surface area contributed by atoms with Gasteiger partial charge in [0.05, 0.1) is 76.7 Å². The number of aryl methyl sites for hydroxylation is 3. The Morgan fingerprint density at radius 3 is 1.18 bits per heavy atom. The number of nitrogens with zero attached hydrogens (tertiary/aromatic N) is 6. The van der Waals surface area contributed by atoms with Crippen LogP contribution in [0.4, 0.5) is 13.2 Å². The number of aromatic hydroxyl groups is 3. The summed E-state index contributed by atoms with van der Waals surface area (Å²) in [6, 6.07) is 54.7. The summed E-state index contributed by atoms with van der Waals surface area (Å²) >= 11 is 0. The van der Waals surface area contributed by atoms with Crippen molar-refractivity contribution < 1.29 is 42.7 Å². The molecule has 3 heterocycles. The first-order chi connectivity index (χ1) is 43.9. The van der Waals surface area contributed by atoms with Crippen LogP contribution in [0.2, 0.25) is 0 Å². The van der Waals surface area contributed by atoms with E-state index in [-0.39, 0.29) is 51.0 Å². The lowest BCUT2D eigenvalue weighted by molar-refractivity contribution is -0.137. The Bertz CT molecular complexity index is 5010. The topological polar surface area (TPSA) is 193 Å². The number of phenols is 3. The molecule has 0 aliphatic carbocycles. The van der Waals surface area contributed by atoms with Gasteiger partial charge >= 0.3 is 6.18 Å². The molecule has 0 saturated heterocycles. The van der Waals surface area contributed by atoms with Gasteiger partial charge in [-0.1, -0.05) is 103 Å². The molecule has 15 nitrogen and oxygen atoms in total. The fraction of sp³-hybridized carbons (Fsp3) is 0.0959. The average molecular weight is 1220 g/mol.